The van der Waals surface area contributed by atoms with Crippen LogP contribution in [0.5, 0.6) is 0 Å². The summed E-state index contributed by atoms with van der Waals surface area (Å²) < 4.78 is 75.8. The smallest absolute Gasteiger partial charge is 0.416 e. The van der Waals surface area contributed by atoms with Crippen molar-refractivity contribution in [3.63, 3.8) is 0 Å². The second-order valence-electron chi connectivity index (χ2n) is 5.41. The van der Waals surface area contributed by atoms with E-state index in [1.807, 2.05) is 0 Å². The lowest BCUT2D eigenvalue weighted by Crippen LogP contribution is -2.15. The van der Waals surface area contributed by atoms with Crippen molar-refractivity contribution in [2.24, 2.45) is 0 Å². The molecule has 0 aliphatic carbocycles. The molecule has 8 heteroatoms. The fraction of sp³-hybridized carbons (Fsp3) is 0.235. The maximum absolute atomic E-state index is 12.7. The molecule has 0 aromatic heterocycles. The van der Waals surface area contributed by atoms with E-state index in [4.69, 9.17) is 0 Å². The normalized spacial score (nSPS) is 13.5. The van der Waals surface area contributed by atoms with E-state index in [2.05, 4.69) is 0 Å². The van der Waals surface area contributed by atoms with Crippen LogP contribution in [-0.2, 0) is 23.6 Å². The number of hydrogen-bond acceptors (Lipinski definition) is 1. The van der Waals surface area contributed by atoms with E-state index < -0.39 is 35.4 Å². The lowest BCUT2D eigenvalue weighted by atomic mass is 9.91. The van der Waals surface area contributed by atoms with Crippen molar-refractivity contribution in [2.45, 2.75) is 24.7 Å². The van der Waals surface area contributed by atoms with Gasteiger partial charge >= 0.3 is 18.3 Å². The summed E-state index contributed by atoms with van der Waals surface area (Å²) in [7, 11) is 0. The highest BCUT2D eigenvalue weighted by Crippen LogP contribution is 2.32. The van der Waals surface area contributed by atoms with Gasteiger partial charge in [-0.2, -0.15) is 26.3 Å². The van der Waals surface area contributed by atoms with Gasteiger partial charge in [-0.3, -0.25) is 4.79 Å². The lowest BCUT2D eigenvalue weighted by molar-refractivity contribution is -0.139. The van der Waals surface area contributed by atoms with Gasteiger partial charge in [0.1, 0.15) is 0 Å². The van der Waals surface area contributed by atoms with Crippen LogP contribution in [0.1, 0.15) is 28.2 Å². The third-order valence-corrected chi connectivity index (χ3v) is 3.63. The molecule has 2 nitrogen and oxygen atoms in total. The van der Waals surface area contributed by atoms with E-state index in [1.165, 1.54) is 6.07 Å². The molecule has 1 atom stereocenters. The third kappa shape index (κ3) is 4.74. The van der Waals surface area contributed by atoms with E-state index in [0.717, 1.165) is 42.5 Å². The molecule has 0 bridgehead atoms. The minimum atomic E-state index is -4.57. The largest absolute Gasteiger partial charge is 0.481 e. The van der Waals surface area contributed by atoms with E-state index in [0.29, 0.717) is 0 Å². The van der Waals surface area contributed by atoms with Crippen LogP contribution >= 0.6 is 0 Å². The van der Waals surface area contributed by atoms with Crippen molar-refractivity contribution < 1.29 is 36.2 Å². The molecule has 0 aliphatic heterocycles. The topological polar surface area (TPSA) is 37.3 Å². The zero-order chi connectivity index (χ0) is 18.8. The Labute approximate surface area is 138 Å². The molecule has 2 rings (SSSR count). The summed E-state index contributed by atoms with van der Waals surface area (Å²) in [6.45, 7) is 0. The van der Waals surface area contributed by atoms with Crippen LogP contribution in [0.25, 0.3) is 0 Å². The van der Waals surface area contributed by atoms with Gasteiger partial charge in [-0.15, -0.1) is 0 Å². The number of rotatable bonds is 4. The first-order chi connectivity index (χ1) is 11.5. The molecular weight excluding hydrogens is 350 g/mol. The van der Waals surface area contributed by atoms with Crippen LogP contribution in [-0.4, -0.2) is 11.1 Å². The summed E-state index contributed by atoms with van der Waals surface area (Å²) in [6.07, 6.45) is -9.40. The highest BCUT2D eigenvalue weighted by molar-refractivity contribution is 5.76. The Morgan fingerprint density at radius 3 is 1.92 bits per heavy atom. The number of aliphatic carboxylic acids is 1. The maximum Gasteiger partial charge on any atom is 0.416 e. The zero-order valence-electron chi connectivity index (χ0n) is 12.5. The van der Waals surface area contributed by atoms with E-state index in [1.54, 1.807) is 0 Å². The molecule has 0 saturated carbocycles. The third-order valence-electron chi connectivity index (χ3n) is 3.63. The van der Waals surface area contributed by atoms with Gasteiger partial charge in [0, 0.05) is 0 Å². The van der Waals surface area contributed by atoms with Gasteiger partial charge in [0.05, 0.1) is 17.0 Å². The molecule has 2 aromatic carbocycles. The van der Waals surface area contributed by atoms with Crippen LogP contribution in [0.15, 0.2) is 48.5 Å². The lowest BCUT2D eigenvalue weighted by Gasteiger charge is -2.15. The Balaban J connectivity index is 2.29. The SMILES string of the molecule is O=C(O)C(Cc1cccc(C(F)(F)F)c1)c1ccc(C(F)(F)F)cc1. The molecule has 0 fully saturated rings. The average molecular weight is 362 g/mol. The minimum absolute atomic E-state index is 0.0814. The van der Waals surface area contributed by atoms with Crippen molar-refractivity contribution >= 4 is 5.97 Å². The zero-order valence-corrected chi connectivity index (χ0v) is 12.5. The van der Waals surface area contributed by atoms with Crippen molar-refractivity contribution in [3.8, 4) is 0 Å². The highest BCUT2D eigenvalue weighted by Gasteiger charge is 2.32. The number of carboxylic acids is 1. The second kappa shape index (κ2) is 6.78. The van der Waals surface area contributed by atoms with Crippen LogP contribution in [0.3, 0.4) is 0 Å². The number of benzene rings is 2. The number of halogens is 6. The summed E-state index contributed by atoms with van der Waals surface area (Å²) in [4.78, 5) is 11.4. The van der Waals surface area contributed by atoms with Crippen molar-refractivity contribution in [1.29, 1.82) is 0 Å². The van der Waals surface area contributed by atoms with Gasteiger partial charge in [0.2, 0.25) is 0 Å². The van der Waals surface area contributed by atoms with Gasteiger partial charge in [0.15, 0.2) is 0 Å². The maximum atomic E-state index is 12.7. The molecule has 0 radical (unpaired) electrons. The summed E-state index contributed by atoms with van der Waals surface area (Å²) in [5, 5.41) is 9.30. The van der Waals surface area contributed by atoms with Crippen molar-refractivity contribution in [3.05, 3.63) is 70.8 Å². The van der Waals surface area contributed by atoms with Crippen molar-refractivity contribution in [1.82, 2.24) is 0 Å². The molecule has 0 amide bonds. The molecule has 1 N–H and O–H groups in total. The molecule has 0 aliphatic rings. The molecule has 0 saturated heterocycles. The average Bonchev–Trinajstić information content (AvgIpc) is 2.51. The van der Waals surface area contributed by atoms with Crippen LogP contribution in [0, 0.1) is 0 Å². The Kier molecular flexibility index (Phi) is 5.10. The fourth-order valence-corrected chi connectivity index (χ4v) is 2.36. The van der Waals surface area contributed by atoms with Crippen LogP contribution in [0.2, 0.25) is 0 Å². The molecule has 25 heavy (non-hydrogen) atoms. The first-order valence-electron chi connectivity index (χ1n) is 7.04. The van der Waals surface area contributed by atoms with E-state index in [-0.39, 0.29) is 17.5 Å². The van der Waals surface area contributed by atoms with Gasteiger partial charge in [0.25, 0.3) is 0 Å². The molecular formula is C17H12F6O2. The summed E-state index contributed by atoms with van der Waals surface area (Å²) >= 11 is 0. The summed E-state index contributed by atoms with van der Waals surface area (Å²) in [5.41, 5.74) is -1.64. The molecule has 134 valence electrons. The fourth-order valence-electron chi connectivity index (χ4n) is 2.36. The van der Waals surface area contributed by atoms with E-state index in [9.17, 15) is 36.2 Å². The number of carbonyl (C=O) groups is 1. The Hall–Kier alpha value is -2.51. The quantitative estimate of drug-likeness (QED) is 0.765. The Morgan fingerprint density at radius 1 is 0.880 bits per heavy atom. The van der Waals surface area contributed by atoms with Gasteiger partial charge in [-0.1, -0.05) is 30.3 Å². The standard InChI is InChI=1S/C17H12F6O2/c18-16(19,20)12-6-4-11(5-7-12)14(15(24)25)9-10-2-1-3-13(8-10)17(21,22)23/h1-8,14H,9H2,(H,24,25). The Bertz CT molecular complexity index is 747. The van der Waals surface area contributed by atoms with Crippen LogP contribution < -0.4 is 0 Å². The molecule has 0 heterocycles. The van der Waals surface area contributed by atoms with Gasteiger partial charge in [-0.25, -0.2) is 0 Å². The highest BCUT2D eigenvalue weighted by atomic mass is 19.4. The monoisotopic (exact) mass is 362 g/mol. The predicted molar refractivity (Wildman–Crippen MR) is 77.0 cm³/mol. The second-order valence-corrected chi connectivity index (χ2v) is 5.41. The molecule has 0 spiro atoms. The first kappa shape index (κ1) is 18.8. The number of carboxylic acid groups (broad SMARTS) is 1. The van der Waals surface area contributed by atoms with Crippen molar-refractivity contribution in [2.75, 3.05) is 0 Å². The summed E-state index contributed by atoms with van der Waals surface area (Å²) in [6, 6.07) is 7.73. The van der Waals surface area contributed by atoms with Gasteiger partial charge in [-0.05, 0) is 35.7 Å². The number of alkyl halides is 6. The van der Waals surface area contributed by atoms with E-state index >= 15 is 0 Å². The molecule has 2 aromatic rings. The minimum Gasteiger partial charge on any atom is -0.481 e. The predicted octanol–water partition coefficient (Wildman–Crippen LogP) is 5.14. The summed E-state index contributed by atoms with van der Waals surface area (Å²) in [5.74, 6) is -2.59. The Morgan fingerprint density at radius 2 is 1.44 bits per heavy atom. The van der Waals surface area contributed by atoms with Crippen LogP contribution in [0.4, 0.5) is 26.3 Å². The molecule has 1 unspecified atom stereocenters. The first-order valence-corrected chi connectivity index (χ1v) is 7.04. The van der Waals surface area contributed by atoms with Gasteiger partial charge < -0.3 is 5.11 Å². The number of hydrogen-bond donors (Lipinski definition) is 1.